The van der Waals surface area contributed by atoms with Gasteiger partial charge in [-0.15, -0.1) is 23.2 Å². The van der Waals surface area contributed by atoms with Gasteiger partial charge >= 0.3 is 0 Å². The summed E-state index contributed by atoms with van der Waals surface area (Å²) < 4.78 is 5.94. The highest BCUT2D eigenvalue weighted by molar-refractivity contribution is 6.18. The highest BCUT2D eigenvalue weighted by Gasteiger charge is 2.28. The standard InChI is InChI=1S/C10H20Cl2O/c1-9(2,5-7-11)13-10(3,4)6-8-12/h5-8H2,1-4H3. The van der Waals surface area contributed by atoms with E-state index in [0.29, 0.717) is 11.8 Å². The minimum atomic E-state index is -0.155. The van der Waals surface area contributed by atoms with E-state index in [-0.39, 0.29) is 11.2 Å². The lowest BCUT2D eigenvalue weighted by Gasteiger charge is -2.35. The lowest BCUT2D eigenvalue weighted by atomic mass is 10.0. The van der Waals surface area contributed by atoms with Crippen molar-refractivity contribution < 1.29 is 4.74 Å². The molecule has 0 unspecified atom stereocenters. The van der Waals surface area contributed by atoms with Gasteiger partial charge < -0.3 is 4.74 Å². The third-order valence-electron chi connectivity index (χ3n) is 1.95. The fourth-order valence-electron chi connectivity index (χ4n) is 1.31. The van der Waals surface area contributed by atoms with Crippen LogP contribution in [0.1, 0.15) is 40.5 Å². The first-order valence-corrected chi connectivity index (χ1v) is 5.72. The van der Waals surface area contributed by atoms with Crippen LogP contribution < -0.4 is 0 Å². The lowest BCUT2D eigenvalue weighted by Crippen LogP contribution is -2.37. The van der Waals surface area contributed by atoms with Gasteiger partial charge in [0, 0.05) is 11.8 Å². The number of halogens is 2. The Bertz CT molecular complexity index is 128. The zero-order chi connectivity index (χ0) is 10.5. The largest absolute Gasteiger partial charge is 0.370 e. The molecule has 0 bridgehead atoms. The highest BCUT2D eigenvalue weighted by atomic mass is 35.5. The zero-order valence-electron chi connectivity index (χ0n) is 8.99. The molecule has 0 heterocycles. The summed E-state index contributed by atoms with van der Waals surface area (Å²) in [7, 11) is 0. The van der Waals surface area contributed by atoms with Crippen molar-refractivity contribution in [3.63, 3.8) is 0 Å². The fourth-order valence-corrected chi connectivity index (χ4v) is 2.22. The van der Waals surface area contributed by atoms with Crippen LogP contribution in [-0.2, 0) is 4.74 Å². The average Bonchev–Trinajstić information content (AvgIpc) is 1.82. The lowest BCUT2D eigenvalue weighted by molar-refractivity contribution is -0.124. The van der Waals surface area contributed by atoms with Crippen LogP contribution in [0.4, 0.5) is 0 Å². The maximum Gasteiger partial charge on any atom is 0.0645 e. The number of hydrogen-bond acceptors (Lipinski definition) is 1. The third-order valence-corrected chi connectivity index (χ3v) is 2.32. The Morgan fingerprint density at radius 3 is 1.38 bits per heavy atom. The molecule has 0 aliphatic heterocycles. The quantitative estimate of drug-likeness (QED) is 0.627. The van der Waals surface area contributed by atoms with Gasteiger partial charge in [0.25, 0.3) is 0 Å². The molecule has 0 aliphatic carbocycles. The topological polar surface area (TPSA) is 9.23 Å². The van der Waals surface area contributed by atoms with Gasteiger partial charge in [0.15, 0.2) is 0 Å². The second kappa shape index (κ2) is 5.43. The van der Waals surface area contributed by atoms with E-state index in [1.165, 1.54) is 0 Å². The highest BCUT2D eigenvalue weighted by Crippen LogP contribution is 2.26. The summed E-state index contributed by atoms with van der Waals surface area (Å²) in [6.07, 6.45) is 1.72. The van der Waals surface area contributed by atoms with Crippen molar-refractivity contribution in [3.05, 3.63) is 0 Å². The molecule has 0 amide bonds. The zero-order valence-corrected chi connectivity index (χ0v) is 10.5. The van der Waals surface area contributed by atoms with Crippen molar-refractivity contribution in [1.29, 1.82) is 0 Å². The van der Waals surface area contributed by atoms with Gasteiger partial charge in [0.1, 0.15) is 0 Å². The van der Waals surface area contributed by atoms with Crippen molar-refractivity contribution in [2.24, 2.45) is 0 Å². The molecule has 0 radical (unpaired) electrons. The Kier molecular flexibility index (Phi) is 5.65. The van der Waals surface area contributed by atoms with E-state index in [4.69, 9.17) is 27.9 Å². The molecular weight excluding hydrogens is 207 g/mol. The van der Waals surface area contributed by atoms with E-state index in [0.717, 1.165) is 12.8 Å². The average molecular weight is 227 g/mol. The Morgan fingerprint density at radius 2 is 1.15 bits per heavy atom. The van der Waals surface area contributed by atoms with Crippen LogP contribution in [0, 0.1) is 0 Å². The van der Waals surface area contributed by atoms with Crippen LogP contribution in [0.25, 0.3) is 0 Å². The minimum absolute atomic E-state index is 0.155. The number of alkyl halides is 2. The van der Waals surface area contributed by atoms with Crippen LogP contribution in [0.3, 0.4) is 0 Å². The Balaban J connectivity index is 4.07. The summed E-state index contributed by atoms with van der Waals surface area (Å²) in [5.74, 6) is 1.26. The molecule has 0 aromatic rings. The van der Waals surface area contributed by atoms with Gasteiger partial charge in [-0.05, 0) is 40.5 Å². The Morgan fingerprint density at radius 1 is 0.846 bits per heavy atom. The van der Waals surface area contributed by atoms with Crippen LogP contribution in [0.2, 0.25) is 0 Å². The van der Waals surface area contributed by atoms with E-state index in [1.54, 1.807) is 0 Å². The van der Waals surface area contributed by atoms with Gasteiger partial charge in [-0.3, -0.25) is 0 Å². The minimum Gasteiger partial charge on any atom is -0.370 e. The van der Waals surface area contributed by atoms with E-state index in [1.807, 2.05) is 0 Å². The third kappa shape index (κ3) is 6.59. The molecule has 3 heteroatoms. The summed E-state index contributed by atoms with van der Waals surface area (Å²) in [6.45, 7) is 8.24. The fraction of sp³-hybridized carbons (Fsp3) is 1.00. The summed E-state index contributed by atoms with van der Waals surface area (Å²) in [5, 5.41) is 0. The molecule has 0 saturated heterocycles. The molecule has 0 atom stereocenters. The molecule has 1 nitrogen and oxygen atoms in total. The van der Waals surface area contributed by atoms with Crippen molar-refractivity contribution in [3.8, 4) is 0 Å². The summed E-state index contributed by atoms with van der Waals surface area (Å²) in [4.78, 5) is 0. The number of rotatable bonds is 6. The molecule has 80 valence electrons. The van der Waals surface area contributed by atoms with Gasteiger partial charge in [-0.25, -0.2) is 0 Å². The van der Waals surface area contributed by atoms with Crippen molar-refractivity contribution in [2.45, 2.75) is 51.7 Å². The van der Waals surface area contributed by atoms with Crippen LogP contribution >= 0.6 is 23.2 Å². The molecule has 0 N–H and O–H groups in total. The normalized spacial score (nSPS) is 13.4. The first-order chi connectivity index (χ1) is 5.83. The van der Waals surface area contributed by atoms with Crippen LogP contribution in [-0.4, -0.2) is 23.0 Å². The smallest absolute Gasteiger partial charge is 0.0645 e. The van der Waals surface area contributed by atoms with Crippen LogP contribution in [0.5, 0.6) is 0 Å². The molecule has 0 aliphatic rings. The Labute approximate surface area is 91.7 Å². The number of ether oxygens (including phenoxy) is 1. The van der Waals surface area contributed by atoms with E-state index >= 15 is 0 Å². The van der Waals surface area contributed by atoms with Crippen LogP contribution in [0.15, 0.2) is 0 Å². The second-order valence-corrected chi connectivity index (χ2v) is 5.26. The Hall–Kier alpha value is 0.540. The van der Waals surface area contributed by atoms with E-state index < -0.39 is 0 Å². The maximum absolute atomic E-state index is 5.94. The van der Waals surface area contributed by atoms with E-state index in [2.05, 4.69) is 27.7 Å². The molecule has 13 heavy (non-hydrogen) atoms. The summed E-state index contributed by atoms with van der Waals surface area (Å²) in [5.41, 5.74) is -0.311. The molecule has 0 aromatic carbocycles. The summed E-state index contributed by atoms with van der Waals surface area (Å²) in [6, 6.07) is 0. The maximum atomic E-state index is 5.94. The summed E-state index contributed by atoms with van der Waals surface area (Å²) >= 11 is 11.4. The predicted octanol–water partition coefficient (Wildman–Crippen LogP) is 3.82. The van der Waals surface area contributed by atoms with Crippen molar-refractivity contribution >= 4 is 23.2 Å². The molecule has 0 fully saturated rings. The predicted molar refractivity (Wildman–Crippen MR) is 59.9 cm³/mol. The molecule has 0 spiro atoms. The molecular formula is C10H20Cl2O. The molecule has 0 rings (SSSR count). The van der Waals surface area contributed by atoms with Gasteiger partial charge in [-0.2, -0.15) is 0 Å². The molecule has 0 aromatic heterocycles. The number of hydrogen-bond donors (Lipinski definition) is 0. The van der Waals surface area contributed by atoms with Gasteiger partial charge in [0.05, 0.1) is 11.2 Å². The van der Waals surface area contributed by atoms with Gasteiger partial charge in [-0.1, -0.05) is 0 Å². The van der Waals surface area contributed by atoms with Crippen molar-refractivity contribution in [2.75, 3.05) is 11.8 Å². The first kappa shape index (κ1) is 13.5. The van der Waals surface area contributed by atoms with Gasteiger partial charge in [0.2, 0.25) is 0 Å². The van der Waals surface area contributed by atoms with E-state index in [9.17, 15) is 0 Å². The second-order valence-electron chi connectivity index (χ2n) is 4.50. The first-order valence-electron chi connectivity index (χ1n) is 4.65. The molecule has 0 saturated carbocycles. The SMILES string of the molecule is CC(C)(CCCl)OC(C)(C)CCCl. The monoisotopic (exact) mass is 226 g/mol. The van der Waals surface area contributed by atoms with Crippen molar-refractivity contribution in [1.82, 2.24) is 0 Å².